The predicted molar refractivity (Wildman–Crippen MR) is 80.6 cm³/mol. The summed E-state index contributed by atoms with van der Waals surface area (Å²) in [4.78, 5) is 14.5. The Morgan fingerprint density at radius 2 is 2.27 bits per heavy atom. The molecule has 1 saturated heterocycles. The van der Waals surface area contributed by atoms with Gasteiger partial charge in [-0.1, -0.05) is 19.1 Å². The Hall–Kier alpha value is -2.14. The zero-order chi connectivity index (χ0) is 15.7. The van der Waals surface area contributed by atoms with Crippen molar-refractivity contribution in [3.63, 3.8) is 0 Å². The van der Waals surface area contributed by atoms with Crippen LogP contribution in [0.15, 0.2) is 41.0 Å². The minimum Gasteiger partial charge on any atom is -0.467 e. The van der Waals surface area contributed by atoms with Crippen LogP contribution in [0.1, 0.15) is 41.1 Å². The van der Waals surface area contributed by atoms with Crippen LogP contribution in [0.4, 0.5) is 4.39 Å². The molecule has 0 bridgehead atoms. The van der Waals surface area contributed by atoms with Crippen LogP contribution in [0.5, 0.6) is 0 Å². The standard InChI is InChI=1S/C17H19FN2O2/c1-11-5-16(12-3-2-4-14(18)6-12)20(9-11)17(21)13-7-15(8-19)22-10-13/h2-4,6-7,10-11,16H,5,8-9,19H2,1H3. The number of rotatable bonds is 3. The van der Waals surface area contributed by atoms with E-state index in [4.69, 9.17) is 10.2 Å². The van der Waals surface area contributed by atoms with Crippen molar-refractivity contribution in [2.75, 3.05) is 6.54 Å². The summed E-state index contributed by atoms with van der Waals surface area (Å²) < 4.78 is 18.7. The van der Waals surface area contributed by atoms with E-state index in [1.807, 2.05) is 6.07 Å². The van der Waals surface area contributed by atoms with Gasteiger partial charge in [0.2, 0.25) is 0 Å². The highest BCUT2D eigenvalue weighted by Crippen LogP contribution is 2.36. The van der Waals surface area contributed by atoms with E-state index < -0.39 is 0 Å². The van der Waals surface area contributed by atoms with E-state index in [0.29, 0.717) is 23.8 Å². The molecule has 1 fully saturated rings. The smallest absolute Gasteiger partial charge is 0.257 e. The summed E-state index contributed by atoms with van der Waals surface area (Å²) >= 11 is 0. The maximum atomic E-state index is 13.5. The predicted octanol–water partition coefficient (Wildman–Crippen LogP) is 3.10. The van der Waals surface area contributed by atoms with E-state index in [2.05, 4.69) is 6.92 Å². The number of benzene rings is 1. The Morgan fingerprint density at radius 1 is 1.45 bits per heavy atom. The average molecular weight is 302 g/mol. The lowest BCUT2D eigenvalue weighted by Crippen LogP contribution is -2.30. The molecule has 1 aromatic carbocycles. The third-order valence-corrected chi connectivity index (χ3v) is 4.11. The Balaban J connectivity index is 1.88. The summed E-state index contributed by atoms with van der Waals surface area (Å²) in [5, 5.41) is 0. The van der Waals surface area contributed by atoms with Gasteiger partial charge in [-0.05, 0) is 36.1 Å². The molecule has 1 aliphatic rings. The molecular weight excluding hydrogens is 283 g/mol. The van der Waals surface area contributed by atoms with Gasteiger partial charge >= 0.3 is 0 Å². The van der Waals surface area contributed by atoms with Gasteiger partial charge in [-0.15, -0.1) is 0 Å². The van der Waals surface area contributed by atoms with Crippen molar-refractivity contribution in [2.24, 2.45) is 11.7 Å². The zero-order valence-corrected chi connectivity index (χ0v) is 12.5. The van der Waals surface area contributed by atoms with Gasteiger partial charge < -0.3 is 15.1 Å². The van der Waals surface area contributed by atoms with Crippen LogP contribution < -0.4 is 5.73 Å². The molecule has 1 amide bonds. The number of halogens is 1. The van der Waals surface area contributed by atoms with Crippen molar-refractivity contribution >= 4 is 5.91 Å². The molecule has 2 aromatic rings. The second-order valence-electron chi connectivity index (χ2n) is 5.88. The number of likely N-dealkylation sites (tertiary alicyclic amines) is 1. The van der Waals surface area contributed by atoms with Crippen molar-refractivity contribution in [1.29, 1.82) is 0 Å². The van der Waals surface area contributed by atoms with Crippen molar-refractivity contribution < 1.29 is 13.6 Å². The molecule has 116 valence electrons. The highest BCUT2D eigenvalue weighted by atomic mass is 19.1. The number of nitrogens with zero attached hydrogens (tertiary/aromatic N) is 1. The largest absolute Gasteiger partial charge is 0.467 e. The van der Waals surface area contributed by atoms with Gasteiger partial charge in [0, 0.05) is 6.54 Å². The van der Waals surface area contributed by atoms with Gasteiger partial charge in [-0.2, -0.15) is 0 Å². The van der Waals surface area contributed by atoms with Crippen LogP contribution in [0.25, 0.3) is 0 Å². The van der Waals surface area contributed by atoms with Crippen LogP contribution in [-0.2, 0) is 6.54 Å². The first-order valence-electron chi connectivity index (χ1n) is 7.42. The van der Waals surface area contributed by atoms with Crippen LogP contribution in [0, 0.1) is 11.7 Å². The lowest BCUT2D eigenvalue weighted by atomic mass is 10.0. The van der Waals surface area contributed by atoms with E-state index in [1.54, 1.807) is 17.0 Å². The number of carbonyl (C=O) groups is 1. The fraction of sp³-hybridized carbons (Fsp3) is 0.353. The number of carbonyl (C=O) groups excluding carboxylic acids is 1. The topological polar surface area (TPSA) is 59.5 Å². The molecule has 0 saturated carbocycles. The molecule has 22 heavy (non-hydrogen) atoms. The van der Waals surface area contributed by atoms with Crippen molar-refractivity contribution in [2.45, 2.75) is 25.9 Å². The summed E-state index contributed by atoms with van der Waals surface area (Å²) in [5.74, 6) is 0.580. The third kappa shape index (κ3) is 2.76. The van der Waals surface area contributed by atoms with Gasteiger partial charge in [-0.25, -0.2) is 4.39 Å². The van der Waals surface area contributed by atoms with E-state index in [1.165, 1.54) is 18.4 Å². The molecule has 0 spiro atoms. The minimum absolute atomic E-state index is 0.0953. The molecule has 0 aliphatic carbocycles. The Labute approximate surface area is 128 Å². The average Bonchev–Trinajstić information content (AvgIpc) is 3.13. The highest BCUT2D eigenvalue weighted by molar-refractivity contribution is 5.94. The molecule has 2 atom stereocenters. The first-order valence-corrected chi connectivity index (χ1v) is 7.42. The summed E-state index contributed by atoms with van der Waals surface area (Å²) in [6, 6.07) is 8.04. The summed E-state index contributed by atoms with van der Waals surface area (Å²) in [7, 11) is 0. The van der Waals surface area contributed by atoms with Gasteiger partial charge in [0.15, 0.2) is 0 Å². The van der Waals surface area contributed by atoms with Crippen molar-refractivity contribution in [3.05, 3.63) is 59.3 Å². The first-order chi connectivity index (χ1) is 10.6. The van der Waals surface area contributed by atoms with E-state index in [9.17, 15) is 9.18 Å². The molecule has 0 radical (unpaired) electrons. The van der Waals surface area contributed by atoms with Gasteiger partial charge in [0.05, 0.1) is 18.2 Å². The maximum Gasteiger partial charge on any atom is 0.257 e. The van der Waals surface area contributed by atoms with Crippen LogP contribution in [0.2, 0.25) is 0 Å². The van der Waals surface area contributed by atoms with E-state index in [0.717, 1.165) is 12.0 Å². The van der Waals surface area contributed by atoms with Crippen molar-refractivity contribution in [3.8, 4) is 0 Å². The quantitative estimate of drug-likeness (QED) is 0.947. The minimum atomic E-state index is -0.279. The highest BCUT2D eigenvalue weighted by Gasteiger charge is 2.35. The second kappa shape index (κ2) is 5.93. The third-order valence-electron chi connectivity index (χ3n) is 4.11. The molecule has 2 unspecified atom stereocenters. The van der Waals surface area contributed by atoms with Gasteiger partial charge in [-0.3, -0.25) is 4.79 Å². The SMILES string of the molecule is CC1CC(c2cccc(F)c2)N(C(=O)c2coc(CN)c2)C1. The van der Waals surface area contributed by atoms with Crippen molar-refractivity contribution in [1.82, 2.24) is 4.90 Å². The summed E-state index contributed by atoms with van der Waals surface area (Å²) in [6.45, 7) is 3.01. The van der Waals surface area contributed by atoms with E-state index in [-0.39, 0.29) is 24.3 Å². The Kier molecular flexibility index (Phi) is 3.98. The maximum absolute atomic E-state index is 13.5. The lowest BCUT2D eigenvalue weighted by molar-refractivity contribution is 0.0731. The van der Waals surface area contributed by atoms with Gasteiger partial charge in [0.25, 0.3) is 5.91 Å². The Bertz CT molecular complexity index is 683. The molecule has 1 aromatic heterocycles. The molecule has 3 rings (SSSR count). The molecule has 4 nitrogen and oxygen atoms in total. The molecule has 2 N–H and O–H groups in total. The Morgan fingerprint density at radius 3 is 2.95 bits per heavy atom. The van der Waals surface area contributed by atoms with Crippen LogP contribution >= 0.6 is 0 Å². The number of nitrogens with two attached hydrogens (primary N) is 1. The lowest BCUT2D eigenvalue weighted by Gasteiger charge is -2.24. The number of hydrogen-bond acceptors (Lipinski definition) is 3. The monoisotopic (exact) mass is 302 g/mol. The normalized spacial score (nSPS) is 21.3. The number of hydrogen-bond donors (Lipinski definition) is 1. The second-order valence-corrected chi connectivity index (χ2v) is 5.88. The van der Waals surface area contributed by atoms with Crippen LogP contribution in [0.3, 0.4) is 0 Å². The van der Waals surface area contributed by atoms with E-state index >= 15 is 0 Å². The first kappa shape index (κ1) is 14.8. The fourth-order valence-electron chi connectivity index (χ4n) is 3.07. The van der Waals surface area contributed by atoms with Crippen LogP contribution in [-0.4, -0.2) is 17.4 Å². The fourth-order valence-corrected chi connectivity index (χ4v) is 3.07. The summed E-state index contributed by atoms with van der Waals surface area (Å²) in [6.07, 6.45) is 2.27. The number of amides is 1. The number of furan rings is 1. The molecule has 5 heteroatoms. The zero-order valence-electron chi connectivity index (χ0n) is 12.5. The molecule has 2 heterocycles. The summed E-state index contributed by atoms with van der Waals surface area (Å²) in [5.41, 5.74) is 6.84. The van der Waals surface area contributed by atoms with Gasteiger partial charge in [0.1, 0.15) is 17.8 Å². The molecular formula is C17H19FN2O2. The molecule has 1 aliphatic heterocycles.